The molecule has 11 heteroatoms. The van der Waals surface area contributed by atoms with Crippen LogP contribution in [0.25, 0.3) is 0 Å². The Morgan fingerprint density at radius 2 is 1.97 bits per heavy atom. The Balaban J connectivity index is 1.48. The zero-order valence-electron chi connectivity index (χ0n) is 16.5. The van der Waals surface area contributed by atoms with E-state index >= 15 is 0 Å². The van der Waals surface area contributed by atoms with Crippen LogP contribution >= 0.6 is 0 Å². The molecule has 1 atom stereocenters. The van der Waals surface area contributed by atoms with E-state index in [0.29, 0.717) is 37.0 Å². The number of amides is 4. The predicted octanol–water partition coefficient (Wildman–Crippen LogP) is -0.174. The molecule has 2 aliphatic rings. The number of esters is 1. The number of nitrogens with zero attached hydrogens (tertiary/aromatic N) is 1. The predicted molar refractivity (Wildman–Crippen MR) is 102 cm³/mol. The van der Waals surface area contributed by atoms with E-state index in [4.69, 9.17) is 18.9 Å². The number of benzene rings is 1. The van der Waals surface area contributed by atoms with E-state index in [9.17, 15) is 19.2 Å². The average molecular weight is 421 g/mol. The summed E-state index contributed by atoms with van der Waals surface area (Å²) in [6.45, 7) is 0.917. The molecular formula is C19H23N3O8. The summed E-state index contributed by atoms with van der Waals surface area (Å²) in [5.74, 6) is -1.27. The highest BCUT2D eigenvalue weighted by molar-refractivity contribution is 6.00. The van der Waals surface area contributed by atoms with Crippen LogP contribution in [0.4, 0.5) is 10.5 Å². The summed E-state index contributed by atoms with van der Waals surface area (Å²) in [4.78, 5) is 49.3. The van der Waals surface area contributed by atoms with Crippen LogP contribution < -0.4 is 25.0 Å². The van der Waals surface area contributed by atoms with Crippen molar-refractivity contribution in [2.75, 3.05) is 51.5 Å². The summed E-state index contributed by atoms with van der Waals surface area (Å²) in [5, 5.41) is 4.43. The van der Waals surface area contributed by atoms with Crippen LogP contribution in [0.2, 0.25) is 0 Å². The van der Waals surface area contributed by atoms with Crippen LogP contribution in [0.3, 0.4) is 0 Å². The van der Waals surface area contributed by atoms with Crippen molar-refractivity contribution in [3.8, 4) is 11.5 Å². The Bertz CT molecular complexity index is 828. The Labute approximate surface area is 172 Å². The number of imide groups is 1. The molecule has 2 heterocycles. The first-order valence-electron chi connectivity index (χ1n) is 9.41. The molecule has 0 radical (unpaired) electrons. The molecule has 0 aromatic heterocycles. The second-order valence-corrected chi connectivity index (χ2v) is 6.64. The maximum Gasteiger partial charge on any atom is 0.321 e. The van der Waals surface area contributed by atoms with Gasteiger partial charge < -0.3 is 29.2 Å². The molecule has 3 rings (SSSR count). The van der Waals surface area contributed by atoms with Gasteiger partial charge in [-0.3, -0.25) is 19.7 Å². The van der Waals surface area contributed by atoms with Gasteiger partial charge in [-0.1, -0.05) is 0 Å². The lowest BCUT2D eigenvalue weighted by molar-refractivity contribution is -0.152. The fourth-order valence-electron chi connectivity index (χ4n) is 3.04. The van der Waals surface area contributed by atoms with Gasteiger partial charge in [0, 0.05) is 38.4 Å². The molecule has 1 saturated heterocycles. The fraction of sp³-hybridized carbons (Fsp3) is 0.474. The second kappa shape index (κ2) is 9.92. The van der Waals surface area contributed by atoms with Crippen molar-refractivity contribution in [2.45, 2.75) is 6.42 Å². The fourth-order valence-corrected chi connectivity index (χ4v) is 3.04. The van der Waals surface area contributed by atoms with Crippen molar-refractivity contribution in [1.29, 1.82) is 0 Å². The van der Waals surface area contributed by atoms with Crippen LogP contribution in [0, 0.1) is 5.92 Å². The van der Waals surface area contributed by atoms with E-state index < -0.39 is 30.4 Å². The van der Waals surface area contributed by atoms with Crippen molar-refractivity contribution < 1.29 is 38.1 Å². The lowest BCUT2D eigenvalue weighted by atomic mass is 10.1. The maximum atomic E-state index is 12.4. The molecule has 0 spiro atoms. The molecule has 2 aliphatic heterocycles. The first kappa shape index (κ1) is 21.4. The number of anilines is 1. The van der Waals surface area contributed by atoms with Gasteiger partial charge in [-0.2, -0.15) is 0 Å². The van der Waals surface area contributed by atoms with E-state index in [2.05, 4.69) is 5.32 Å². The summed E-state index contributed by atoms with van der Waals surface area (Å²) >= 11 is 0. The van der Waals surface area contributed by atoms with Gasteiger partial charge in [0.2, 0.25) is 5.91 Å². The first-order valence-corrected chi connectivity index (χ1v) is 9.41. The van der Waals surface area contributed by atoms with Gasteiger partial charge in [-0.15, -0.1) is 0 Å². The lowest BCUT2D eigenvalue weighted by Gasteiger charge is -2.22. The Morgan fingerprint density at radius 1 is 1.20 bits per heavy atom. The summed E-state index contributed by atoms with van der Waals surface area (Å²) in [6, 6.07) is 4.41. The van der Waals surface area contributed by atoms with E-state index in [1.54, 1.807) is 18.2 Å². The maximum absolute atomic E-state index is 12.4. The topological polar surface area (TPSA) is 132 Å². The molecular weight excluding hydrogens is 398 g/mol. The smallest absolute Gasteiger partial charge is 0.321 e. The third-order valence-corrected chi connectivity index (χ3v) is 4.49. The summed E-state index contributed by atoms with van der Waals surface area (Å²) in [7, 11) is 1.48. The van der Waals surface area contributed by atoms with Gasteiger partial charge in [0.25, 0.3) is 5.91 Å². The second-order valence-electron chi connectivity index (χ2n) is 6.64. The van der Waals surface area contributed by atoms with Crippen molar-refractivity contribution in [3.05, 3.63) is 18.2 Å². The average Bonchev–Trinajstić information content (AvgIpc) is 3.13. The lowest BCUT2D eigenvalue weighted by Crippen LogP contribution is -2.42. The van der Waals surface area contributed by atoms with Gasteiger partial charge >= 0.3 is 12.0 Å². The highest BCUT2D eigenvalue weighted by Gasteiger charge is 2.36. The minimum Gasteiger partial charge on any atom is -0.486 e. The van der Waals surface area contributed by atoms with Crippen molar-refractivity contribution in [1.82, 2.24) is 10.6 Å². The highest BCUT2D eigenvalue weighted by Crippen LogP contribution is 2.36. The number of nitrogens with one attached hydrogen (secondary N) is 2. The molecule has 30 heavy (non-hydrogen) atoms. The number of carbonyl (C=O) groups is 4. The summed E-state index contributed by atoms with van der Waals surface area (Å²) in [6.07, 6.45) is -0.0353. The van der Waals surface area contributed by atoms with Crippen LogP contribution in [0.15, 0.2) is 18.2 Å². The van der Waals surface area contributed by atoms with Crippen molar-refractivity contribution in [2.24, 2.45) is 5.92 Å². The Kier molecular flexibility index (Phi) is 7.07. The van der Waals surface area contributed by atoms with Crippen molar-refractivity contribution >= 4 is 29.5 Å². The molecule has 1 aromatic rings. The molecule has 2 N–H and O–H groups in total. The zero-order valence-corrected chi connectivity index (χ0v) is 16.5. The number of fused-ring (bicyclic) bond motifs is 1. The Hall–Kier alpha value is -3.34. The van der Waals surface area contributed by atoms with Crippen LogP contribution in [0.1, 0.15) is 6.42 Å². The van der Waals surface area contributed by atoms with Gasteiger partial charge in [-0.25, -0.2) is 4.79 Å². The van der Waals surface area contributed by atoms with Gasteiger partial charge in [0.1, 0.15) is 13.2 Å². The molecule has 1 aromatic carbocycles. The van der Waals surface area contributed by atoms with Crippen LogP contribution in [-0.2, 0) is 23.9 Å². The molecule has 0 unspecified atom stereocenters. The summed E-state index contributed by atoms with van der Waals surface area (Å²) < 4.78 is 20.7. The quantitative estimate of drug-likeness (QED) is 0.458. The standard InChI is InChI=1S/C19H23N3O8/c1-27-5-4-20-19(26)21-16(23)11-30-18(25)12-8-17(24)22(10-12)13-2-3-14-15(9-13)29-7-6-28-14/h2-3,9,12H,4-8,10-11H2,1H3,(H2,20,21,23,26)/t12-/m0/s1. The molecule has 1 fully saturated rings. The van der Waals surface area contributed by atoms with E-state index in [0.717, 1.165) is 0 Å². The van der Waals surface area contributed by atoms with Crippen LogP contribution in [0.5, 0.6) is 11.5 Å². The minimum absolute atomic E-state index is 0.0353. The largest absolute Gasteiger partial charge is 0.486 e. The van der Waals surface area contributed by atoms with Gasteiger partial charge in [0.05, 0.1) is 12.5 Å². The number of hydrogen-bond donors (Lipinski definition) is 2. The normalized spacial score (nSPS) is 17.4. The number of carbonyl (C=O) groups excluding carboxylic acids is 4. The Morgan fingerprint density at radius 3 is 2.73 bits per heavy atom. The molecule has 162 valence electrons. The first-order chi connectivity index (χ1) is 14.5. The third-order valence-electron chi connectivity index (χ3n) is 4.49. The van der Waals surface area contributed by atoms with E-state index in [1.807, 2.05) is 5.32 Å². The molecule has 0 saturated carbocycles. The highest BCUT2D eigenvalue weighted by atomic mass is 16.6. The SMILES string of the molecule is COCCNC(=O)NC(=O)COC(=O)[C@H]1CC(=O)N(c2ccc3c(c2)OCCO3)C1. The van der Waals surface area contributed by atoms with Gasteiger partial charge in [0.15, 0.2) is 18.1 Å². The molecule has 0 bridgehead atoms. The number of hydrogen-bond acceptors (Lipinski definition) is 8. The van der Waals surface area contributed by atoms with Crippen LogP contribution in [-0.4, -0.2) is 70.4 Å². The summed E-state index contributed by atoms with van der Waals surface area (Å²) in [5.41, 5.74) is 0.588. The molecule has 4 amide bonds. The van der Waals surface area contributed by atoms with E-state index in [-0.39, 0.29) is 25.4 Å². The van der Waals surface area contributed by atoms with E-state index in [1.165, 1.54) is 12.0 Å². The number of rotatable bonds is 7. The van der Waals surface area contributed by atoms with Crippen molar-refractivity contribution in [3.63, 3.8) is 0 Å². The zero-order chi connectivity index (χ0) is 21.5. The monoisotopic (exact) mass is 421 g/mol. The van der Waals surface area contributed by atoms with Gasteiger partial charge in [-0.05, 0) is 12.1 Å². The molecule has 11 nitrogen and oxygen atoms in total. The number of ether oxygens (including phenoxy) is 4. The number of urea groups is 1. The third kappa shape index (κ3) is 5.38. The minimum atomic E-state index is -0.772. The molecule has 0 aliphatic carbocycles. The number of methoxy groups -OCH3 is 1.